The van der Waals surface area contributed by atoms with Crippen LogP contribution in [-0.4, -0.2) is 24.2 Å². The third-order valence-electron chi connectivity index (χ3n) is 3.71. The average molecular weight is 289 g/mol. The first-order valence-electron chi connectivity index (χ1n) is 7.73. The number of benzene rings is 1. The van der Waals surface area contributed by atoms with E-state index < -0.39 is 0 Å². The molecule has 1 aromatic rings. The lowest BCUT2D eigenvalue weighted by molar-refractivity contribution is -0.116. The van der Waals surface area contributed by atoms with E-state index in [0.717, 1.165) is 18.4 Å². The van der Waals surface area contributed by atoms with Crippen molar-refractivity contribution in [3.63, 3.8) is 0 Å². The summed E-state index contributed by atoms with van der Waals surface area (Å²) in [5.41, 5.74) is 2.32. The predicted molar refractivity (Wildman–Crippen MR) is 88.1 cm³/mol. The molecule has 0 heterocycles. The van der Waals surface area contributed by atoms with E-state index in [1.54, 1.807) is 6.08 Å². The van der Waals surface area contributed by atoms with Crippen LogP contribution >= 0.6 is 0 Å². The van der Waals surface area contributed by atoms with Crippen LogP contribution in [0.3, 0.4) is 0 Å². The average Bonchev–Trinajstić information content (AvgIpc) is 2.49. The number of aliphatic hydroxyl groups is 1. The molecule has 3 nitrogen and oxygen atoms in total. The fourth-order valence-electron chi connectivity index (χ4n) is 2.10. The molecule has 0 aliphatic carbocycles. The highest BCUT2D eigenvalue weighted by Gasteiger charge is 2.06. The molecule has 0 fully saturated rings. The lowest BCUT2D eigenvalue weighted by Gasteiger charge is -2.13. The summed E-state index contributed by atoms with van der Waals surface area (Å²) in [5.74, 6) is 0.779. The number of hydrogen-bond acceptors (Lipinski definition) is 2. The largest absolute Gasteiger partial charge is 0.396 e. The maximum atomic E-state index is 11.8. The summed E-state index contributed by atoms with van der Waals surface area (Å²) < 4.78 is 0. The highest BCUT2D eigenvalue weighted by atomic mass is 16.3. The summed E-state index contributed by atoms with van der Waals surface area (Å²) in [4.78, 5) is 11.8. The molecule has 2 N–H and O–H groups in total. The Hall–Kier alpha value is -1.61. The minimum absolute atomic E-state index is 0.0840. The molecule has 0 saturated carbocycles. The number of aliphatic hydroxyl groups excluding tert-OH is 1. The van der Waals surface area contributed by atoms with Gasteiger partial charge in [-0.3, -0.25) is 4.79 Å². The van der Waals surface area contributed by atoms with Gasteiger partial charge < -0.3 is 10.4 Å². The second-order valence-electron chi connectivity index (χ2n) is 5.69. The van der Waals surface area contributed by atoms with Crippen LogP contribution in [0.1, 0.15) is 50.7 Å². The maximum Gasteiger partial charge on any atom is 0.244 e. The summed E-state index contributed by atoms with van der Waals surface area (Å²) in [5, 5.41) is 11.8. The summed E-state index contributed by atoms with van der Waals surface area (Å²) in [6.07, 6.45) is 5.08. The van der Waals surface area contributed by atoms with E-state index in [2.05, 4.69) is 38.2 Å². The van der Waals surface area contributed by atoms with Crippen molar-refractivity contribution in [1.29, 1.82) is 0 Å². The van der Waals surface area contributed by atoms with Gasteiger partial charge in [-0.05, 0) is 35.5 Å². The van der Waals surface area contributed by atoms with Gasteiger partial charge in [0.2, 0.25) is 5.91 Å². The van der Waals surface area contributed by atoms with Crippen molar-refractivity contribution in [2.45, 2.75) is 39.5 Å². The summed E-state index contributed by atoms with van der Waals surface area (Å²) in [6.45, 7) is 7.18. The summed E-state index contributed by atoms with van der Waals surface area (Å²) in [6, 6.07) is 8.24. The van der Waals surface area contributed by atoms with E-state index in [4.69, 9.17) is 5.11 Å². The molecule has 0 aromatic heterocycles. The van der Waals surface area contributed by atoms with Gasteiger partial charge in [-0.15, -0.1) is 0 Å². The van der Waals surface area contributed by atoms with Gasteiger partial charge in [0.1, 0.15) is 0 Å². The van der Waals surface area contributed by atoms with Crippen LogP contribution in [0.4, 0.5) is 0 Å². The van der Waals surface area contributed by atoms with Crippen molar-refractivity contribution < 1.29 is 9.90 Å². The van der Waals surface area contributed by atoms with Gasteiger partial charge in [0.05, 0.1) is 0 Å². The Balaban J connectivity index is 2.46. The molecule has 3 heteroatoms. The van der Waals surface area contributed by atoms with Crippen molar-refractivity contribution in [1.82, 2.24) is 5.32 Å². The Kier molecular flexibility index (Phi) is 7.76. The molecule has 0 saturated heterocycles. The van der Waals surface area contributed by atoms with E-state index in [-0.39, 0.29) is 12.5 Å². The molecule has 116 valence electrons. The van der Waals surface area contributed by atoms with Crippen LogP contribution in [0.2, 0.25) is 0 Å². The zero-order valence-electron chi connectivity index (χ0n) is 13.3. The van der Waals surface area contributed by atoms with Crippen LogP contribution in [-0.2, 0) is 4.79 Å². The molecular weight excluding hydrogens is 262 g/mol. The van der Waals surface area contributed by atoms with E-state index in [0.29, 0.717) is 18.4 Å². The number of hydrogen-bond donors (Lipinski definition) is 2. The third-order valence-corrected chi connectivity index (χ3v) is 3.71. The quantitative estimate of drug-likeness (QED) is 0.721. The van der Waals surface area contributed by atoms with Crippen LogP contribution in [0.15, 0.2) is 30.3 Å². The SMILES string of the molecule is CCC(CCO)CNC(=O)/C=C/c1ccc(C(C)C)cc1. The van der Waals surface area contributed by atoms with Crippen molar-refractivity contribution in [2.24, 2.45) is 5.92 Å². The van der Waals surface area contributed by atoms with Gasteiger partial charge in [0, 0.05) is 19.2 Å². The molecule has 0 aliphatic heterocycles. The molecule has 0 radical (unpaired) electrons. The van der Waals surface area contributed by atoms with Gasteiger partial charge in [-0.25, -0.2) is 0 Å². The number of rotatable bonds is 8. The molecule has 1 atom stereocenters. The molecule has 0 spiro atoms. The topological polar surface area (TPSA) is 49.3 Å². The first-order chi connectivity index (χ1) is 10.1. The number of carbonyl (C=O) groups is 1. The smallest absolute Gasteiger partial charge is 0.244 e. The van der Waals surface area contributed by atoms with Crippen molar-refractivity contribution in [3.05, 3.63) is 41.5 Å². The van der Waals surface area contributed by atoms with Crippen molar-refractivity contribution in [2.75, 3.05) is 13.2 Å². The van der Waals surface area contributed by atoms with E-state index in [1.807, 2.05) is 18.2 Å². The molecule has 0 bridgehead atoms. The van der Waals surface area contributed by atoms with E-state index >= 15 is 0 Å². The van der Waals surface area contributed by atoms with Crippen LogP contribution < -0.4 is 5.32 Å². The van der Waals surface area contributed by atoms with Gasteiger partial charge in [-0.1, -0.05) is 51.5 Å². The van der Waals surface area contributed by atoms with Gasteiger partial charge >= 0.3 is 0 Å². The summed E-state index contributed by atoms with van der Waals surface area (Å²) >= 11 is 0. The van der Waals surface area contributed by atoms with E-state index in [9.17, 15) is 4.79 Å². The Morgan fingerprint density at radius 3 is 2.48 bits per heavy atom. The second kappa shape index (κ2) is 9.35. The van der Waals surface area contributed by atoms with E-state index in [1.165, 1.54) is 5.56 Å². The Bertz CT molecular complexity index is 449. The normalized spacial score (nSPS) is 12.8. The zero-order chi connectivity index (χ0) is 15.7. The number of nitrogens with one attached hydrogen (secondary N) is 1. The minimum atomic E-state index is -0.0840. The Morgan fingerprint density at radius 2 is 1.95 bits per heavy atom. The molecular formula is C18H27NO2. The molecule has 1 rings (SSSR count). The zero-order valence-corrected chi connectivity index (χ0v) is 13.3. The fourth-order valence-corrected chi connectivity index (χ4v) is 2.10. The van der Waals surface area contributed by atoms with Gasteiger partial charge in [0.15, 0.2) is 0 Å². The lowest BCUT2D eigenvalue weighted by Crippen LogP contribution is -2.28. The number of amides is 1. The fraction of sp³-hybridized carbons (Fsp3) is 0.500. The minimum Gasteiger partial charge on any atom is -0.396 e. The van der Waals surface area contributed by atoms with Crippen molar-refractivity contribution in [3.8, 4) is 0 Å². The monoisotopic (exact) mass is 289 g/mol. The van der Waals surface area contributed by atoms with Crippen molar-refractivity contribution >= 4 is 12.0 Å². The standard InChI is InChI=1S/C18H27NO2/c1-4-15(11-12-20)13-19-18(21)10-7-16-5-8-17(9-6-16)14(2)3/h5-10,14-15,20H,4,11-13H2,1-3H3,(H,19,21)/b10-7+. The van der Waals surface area contributed by atoms with Crippen LogP contribution in [0, 0.1) is 5.92 Å². The third kappa shape index (κ3) is 6.58. The maximum absolute atomic E-state index is 11.8. The lowest BCUT2D eigenvalue weighted by atomic mass is 10.0. The predicted octanol–water partition coefficient (Wildman–Crippen LogP) is 3.35. The molecule has 1 aromatic carbocycles. The summed E-state index contributed by atoms with van der Waals surface area (Å²) in [7, 11) is 0. The molecule has 21 heavy (non-hydrogen) atoms. The highest BCUT2D eigenvalue weighted by molar-refractivity contribution is 5.91. The highest BCUT2D eigenvalue weighted by Crippen LogP contribution is 2.15. The van der Waals surface area contributed by atoms with Crippen LogP contribution in [0.25, 0.3) is 6.08 Å². The van der Waals surface area contributed by atoms with Gasteiger partial charge in [0.25, 0.3) is 0 Å². The van der Waals surface area contributed by atoms with Gasteiger partial charge in [-0.2, -0.15) is 0 Å². The molecule has 1 amide bonds. The molecule has 1 unspecified atom stereocenters. The first-order valence-corrected chi connectivity index (χ1v) is 7.73. The second-order valence-corrected chi connectivity index (χ2v) is 5.69. The molecule has 0 aliphatic rings. The number of carbonyl (C=O) groups excluding carboxylic acids is 1. The first kappa shape index (κ1) is 17.4. The Morgan fingerprint density at radius 1 is 1.29 bits per heavy atom. The Labute approximate surface area is 128 Å². The van der Waals surface area contributed by atoms with Crippen LogP contribution in [0.5, 0.6) is 0 Å².